The van der Waals surface area contributed by atoms with E-state index in [1.54, 1.807) is 49.6 Å². The minimum absolute atomic E-state index is 0.127. The number of ether oxygens (including phenoxy) is 1. The summed E-state index contributed by atoms with van der Waals surface area (Å²) >= 11 is 0. The van der Waals surface area contributed by atoms with Gasteiger partial charge < -0.3 is 9.64 Å². The topological polar surface area (TPSA) is 75.7 Å². The molecule has 0 saturated heterocycles. The predicted molar refractivity (Wildman–Crippen MR) is 108 cm³/mol. The Morgan fingerprint density at radius 2 is 1.82 bits per heavy atom. The van der Waals surface area contributed by atoms with Crippen molar-refractivity contribution in [3.63, 3.8) is 0 Å². The number of benzene rings is 2. The van der Waals surface area contributed by atoms with Crippen molar-refractivity contribution in [2.75, 3.05) is 23.3 Å². The van der Waals surface area contributed by atoms with Gasteiger partial charge in [0.25, 0.3) is 10.0 Å². The van der Waals surface area contributed by atoms with E-state index in [2.05, 4.69) is 4.72 Å². The van der Waals surface area contributed by atoms with Crippen molar-refractivity contribution >= 4 is 27.3 Å². The number of nitrogens with one attached hydrogen (secondary N) is 1. The van der Waals surface area contributed by atoms with Crippen LogP contribution in [0.1, 0.15) is 32.3 Å². The van der Waals surface area contributed by atoms with Gasteiger partial charge in [-0.05, 0) is 60.9 Å². The Hall–Kier alpha value is -2.54. The fraction of sp³-hybridized carbons (Fsp3) is 0.381. The van der Waals surface area contributed by atoms with Gasteiger partial charge in [-0.15, -0.1) is 0 Å². The van der Waals surface area contributed by atoms with Gasteiger partial charge in [0.15, 0.2) is 0 Å². The lowest BCUT2D eigenvalue weighted by Crippen LogP contribution is -2.34. The number of carbonyl (C=O) groups is 1. The van der Waals surface area contributed by atoms with Crippen LogP contribution < -0.4 is 14.4 Å². The van der Waals surface area contributed by atoms with Crippen molar-refractivity contribution in [1.29, 1.82) is 0 Å². The maximum absolute atomic E-state index is 12.9. The zero-order valence-electron chi connectivity index (χ0n) is 16.2. The molecule has 0 bridgehead atoms. The summed E-state index contributed by atoms with van der Waals surface area (Å²) in [7, 11) is -2.18. The van der Waals surface area contributed by atoms with Gasteiger partial charge in [-0.2, -0.15) is 0 Å². The molecule has 2 aliphatic rings. The molecular formula is C21H24N2O4S. The number of fused-ring (bicyclic) bond motifs is 1. The van der Waals surface area contributed by atoms with Gasteiger partial charge in [0.05, 0.1) is 12.0 Å². The molecule has 0 aromatic heterocycles. The van der Waals surface area contributed by atoms with Crippen LogP contribution in [0.5, 0.6) is 5.75 Å². The molecule has 0 spiro atoms. The van der Waals surface area contributed by atoms with Crippen LogP contribution in [0.15, 0.2) is 47.4 Å². The lowest BCUT2D eigenvalue weighted by atomic mass is 9.87. The van der Waals surface area contributed by atoms with E-state index in [9.17, 15) is 13.2 Å². The van der Waals surface area contributed by atoms with Gasteiger partial charge in [0.2, 0.25) is 5.91 Å². The Bertz CT molecular complexity index is 1020. The number of hydrogen-bond donors (Lipinski definition) is 1. The average Bonchev–Trinajstić information content (AvgIpc) is 3.47. The molecule has 4 rings (SSSR count). The van der Waals surface area contributed by atoms with Crippen molar-refractivity contribution in [3.05, 3.63) is 48.0 Å². The molecule has 0 unspecified atom stereocenters. The summed E-state index contributed by atoms with van der Waals surface area (Å²) in [4.78, 5) is 14.6. The molecule has 1 aliphatic carbocycles. The largest absolute Gasteiger partial charge is 0.497 e. The highest BCUT2D eigenvalue weighted by Crippen LogP contribution is 2.44. The number of carbonyl (C=O) groups excluding carboxylic acids is 1. The number of nitrogens with zero attached hydrogens (tertiary/aromatic N) is 1. The number of anilines is 2. The van der Waals surface area contributed by atoms with Crippen LogP contribution in [0.4, 0.5) is 11.4 Å². The summed E-state index contributed by atoms with van der Waals surface area (Å²) in [6.07, 6.45) is 1.90. The van der Waals surface area contributed by atoms with Crippen LogP contribution in [0, 0.1) is 5.92 Å². The van der Waals surface area contributed by atoms with Crippen LogP contribution in [0.3, 0.4) is 0 Å². The third-order valence-electron chi connectivity index (χ3n) is 5.39. The minimum Gasteiger partial charge on any atom is -0.497 e. The van der Waals surface area contributed by atoms with Crippen LogP contribution in [0.2, 0.25) is 0 Å². The Balaban J connectivity index is 1.64. The normalized spacial score (nSPS) is 17.9. The Kier molecular flexibility index (Phi) is 4.38. The summed E-state index contributed by atoms with van der Waals surface area (Å²) in [5.74, 6) is 0.934. The molecule has 1 N–H and O–H groups in total. The number of hydrogen-bond acceptors (Lipinski definition) is 4. The summed E-state index contributed by atoms with van der Waals surface area (Å²) in [6, 6.07) is 11.7. The van der Waals surface area contributed by atoms with E-state index in [1.807, 2.05) is 18.7 Å². The monoisotopic (exact) mass is 400 g/mol. The predicted octanol–water partition coefficient (Wildman–Crippen LogP) is 3.53. The zero-order chi connectivity index (χ0) is 20.1. The van der Waals surface area contributed by atoms with E-state index >= 15 is 0 Å². The summed E-state index contributed by atoms with van der Waals surface area (Å²) in [5, 5.41) is 0. The highest BCUT2D eigenvalue weighted by molar-refractivity contribution is 7.92. The standard InChI is InChI=1S/C21H24N2O4S/c1-21(2)13-23(20(24)14-4-5-14)19-11-10-17(12-18(19)21)28(25,26)22-15-6-8-16(27-3)9-7-15/h6-12,14,22H,4-5,13H2,1-3H3. The van der Waals surface area contributed by atoms with Crippen molar-refractivity contribution in [2.45, 2.75) is 37.0 Å². The molecule has 1 fully saturated rings. The van der Waals surface area contributed by atoms with Crippen molar-refractivity contribution in [3.8, 4) is 5.75 Å². The summed E-state index contributed by atoms with van der Waals surface area (Å²) in [6.45, 7) is 4.66. The van der Waals surface area contributed by atoms with E-state index in [4.69, 9.17) is 4.74 Å². The highest BCUT2D eigenvalue weighted by Gasteiger charge is 2.43. The average molecular weight is 401 g/mol. The molecule has 0 atom stereocenters. The van der Waals surface area contributed by atoms with Gasteiger partial charge in [-0.1, -0.05) is 13.8 Å². The second kappa shape index (κ2) is 6.51. The van der Waals surface area contributed by atoms with E-state index in [1.165, 1.54) is 0 Å². The maximum Gasteiger partial charge on any atom is 0.261 e. The lowest BCUT2D eigenvalue weighted by molar-refractivity contribution is -0.119. The Labute approximate surface area is 165 Å². The van der Waals surface area contributed by atoms with E-state index in [0.29, 0.717) is 18.0 Å². The molecular weight excluding hydrogens is 376 g/mol. The van der Waals surface area contributed by atoms with E-state index < -0.39 is 10.0 Å². The molecule has 1 aliphatic heterocycles. The van der Waals surface area contributed by atoms with Gasteiger partial charge in [0.1, 0.15) is 5.75 Å². The van der Waals surface area contributed by atoms with Gasteiger partial charge in [-0.3, -0.25) is 9.52 Å². The first-order valence-electron chi connectivity index (χ1n) is 9.34. The number of methoxy groups -OCH3 is 1. The van der Waals surface area contributed by atoms with Crippen LogP contribution in [0.25, 0.3) is 0 Å². The highest BCUT2D eigenvalue weighted by atomic mass is 32.2. The Morgan fingerprint density at radius 3 is 2.43 bits per heavy atom. The molecule has 7 heteroatoms. The molecule has 2 aromatic rings. The fourth-order valence-electron chi connectivity index (χ4n) is 3.65. The van der Waals surface area contributed by atoms with Crippen LogP contribution in [-0.2, 0) is 20.2 Å². The molecule has 1 saturated carbocycles. The quantitative estimate of drug-likeness (QED) is 0.833. The van der Waals surface area contributed by atoms with Crippen LogP contribution >= 0.6 is 0 Å². The van der Waals surface area contributed by atoms with E-state index in [-0.39, 0.29) is 22.1 Å². The molecule has 148 valence electrons. The second-order valence-electron chi connectivity index (χ2n) is 8.10. The zero-order valence-corrected chi connectivity index (χ0v) is 17.0. The number of rotatable bonds is 5. The SMILES string of the molecule is COc1ccc(NS(=O)(=O)c2ccc3c(c2)C(C)(C)CN3C(=O)C2CC2)cc1. The second-order valence-corrected chi connectivity index (χ2v) is 9.78. The first kappa shape index (κ1) is 18.8. The fourth-order valence-corrected chi connectivity index (χ4v) is 4.73. The molecule has 28 heavy (non-hydrogen) atoms. The molecule has 6 nitrogen and oxygen atoms in total. The number of sulfonamides is 1. The third-order valence-corrected chi connectivity index (χ3v) is 6.77. The maximum atomic E-state index is 12.9. The number of amides is 1. The smallest absolute Gasteiger partial charge is 0.261 e. The van der Waals surface area contributed by atoms with Crippen molar-refractivity contribution < 1.29 is 17.9 Å². The van der Waals surface area contributed by atoms with Crippen LogP contribution in [-0.4, -0.2) is 28.0 Å². The molecule has 2 aromatic carbocycles. The summed E-state index contributed by atoms with van der Waals surface area (Å²) in [5.41, 5.74) is 1.88. The minimum atomic E-state index is -3.74. The molecule has 1 heterocycles. The first-order chi connectivity index (χ1) is 13.2. The Morgan fingerprint density at radius 1 is 1.14 bits per heavy atom. The third kappa shape index (κ3) is 3.35. The van der Waals surface area contributed by atoms with Gasteiger partial charge in [-0.25, -0.2) is 8.42 Å². The lowest BCUT2D eigenvalue weighted by Gasteiger charge is -2.20. The molecule has 0 radical (unpaired) electrons. The summed E-state index contributed by atoms with van der Waals surface area (Å²) < 4.78 is 33.5. The first-order valence-corrected chi connectivity index (χ1v) is 10.8. The van der Waals surface area contributed by atoms with E-state index in [0.717, 1.165) is 24.1 Å². The van der Waals surface area contributed by atoms with Crippen molar-refractivity contribution in [1.82, 2.24) is 0 Å². The van der Waals surface area contributed by atoms with Gasteiger partial charge >= 0.3 is 0 Å². The molecule has 1 amide bonds. The van der Waals surface area contributed by atoms with Crippen molar-refractivity contribution in [2.24, 2.45) is 5.92 Å². The van der Waals surface area contributed by atoms with Gasteiger partial charge in [0, 0.05) is 29.3 Å².